The second kappa shape index (κ2) is 7.60. The minimum atomic E-state index is -0.942. The smallest absolute Gasteiger partial charge is 0.337 e. The van der Waals surface area contributed by atoms with Crippen LogP contribution < -0.4 is 11.5 Å². The van der Waals surface area contributed by atoms with Crippen LogP contribution in [0.3, 0.4) is 0 Å². The van der Waals surface area contributed by atoms with Gasteiger partial charge in [0.15, 0.2) is 5.96 Å². The quantitative estimate of drug-likeness (QED) is 0.393. The second-order valence-corrected chi connectivity index (χ2v) is 3.30. The second-order valence-electron chi connectivity index (χ2n) is 3.30. The molecule has 0 radical (unpaired) electrons. The van der Waals surface area contributed by atoms with E-state index in [2.05, 4.69) is 9.98 Å². The molecule has 1 heterocycles. The van der Waals surface area contributed by atoms with Gasteiger partial charge in [0.2, 0.25) is 5.96 Å². The van der Waals surface area contributed by atoms with E-state index in [1.807, 2.05) is 0 Å². The maximum Gasteiger partial charge on any atom is 0.337 e. The van der Waals surface area contributed by atoms with Crippen LogP contribution in [0.15, 0.2) is 29.5 Å². The number of nitrogens with two attached hydrogens (primary N) is 2. The van der Waals surface area contributed by atoms with E-state index < -0.39 is 5.97 Å². The van der Waals surface area contributed by atoms with Gasteiger partial charge < -0.3 is 21.5 Å². The summed E-state index contributed by atoms with van der Waals surface area (Å²) in [6.07, 6.45) is 2.84. The van der Waals surface area contributed by atoms with Crippen molar-refractivity contribution in [1.82, 2.24) is 9.88 Å². The first-order valence-corrected chi connectivity index (χ1v) is 4.83. The molecule has 0 bridgehead atoms. The number of aromatic carboxylic acids is 1. The average Bonchev–Trinajstić information content (AvgIpc) is 2.30. The molecular weight excluding hydrogens is 236 g/mol. The Morgan fingerprint density at radius 1 is 1.50 bits per heavy atom. The van der Waals surface area contributed by atoms with Gasteiger partial charge in [0.05, 0.1) is 5.56 Å². The maximum atomic E-state index is 10.2. The van der Waals surface area contributed by atoms with E-state index in [1.165, 1.54) is 18.5 Å². The molecule has 0 spiro atoms. The molecule has 1 rings (SSSR count). The fraction of sp³-hybridized carbons (Fsp3) is 0.200. The molecule has 0 aliphatic rings. The Kier molecular flexibility index (Phi) is 6.49. The van der Waals surface area contributed by atoms with Gasteiger partial charge in [-0.2, -0.15) is 4.99 Å². The lowest BCUT2D eigenvalue weighted by molar-refractivity contribution is 0.0696. The van der Waals surface area contributed by atoms with Crippen LogP contribution in [0.1, 0.15) is 10.4 Å². The number of carboxylic acids is 1. The normalized spacial score (nSPS) is 10.0. The van der Waals surface area contributed by atoms with Gasteiger partial charge in [0.25, 0.3) is 0 Å². The zero-order valence-electron chi connectivity index (χ0n) is 10.2. The molecule has 0 unspecified atom stereocenters. The molecule has 0 saturated heterocycles. The third-order valence-corrected chi connectivity index (χ3v) is 1.60. The van der Waals surface area contributed by atoms with E-state index in [1.54, 1.807) is 25.1 Å². The summed E-state index contributed by atoms with van der Waals surface area (Å²) in [6.45, 7) is 0. The van der Waals surface area contributed by atoms with Crippen LogP contribution in [-0.2, 0) is 0 Å². The predicted molar refractivity (Wildman–Crippen MR) is 68.4 cm³/mol. The Hall–Kier alpha value is -2.64. The number of hydrogen-bond donors (Lipinski definition) is 4. The number of hydrogen-bond acceptors (Lipinski definition) is 3. The molecule has 0 amide bonds. The summed E-state index contributed by atoms with van der Waals surface area (Å²) in [4.78, 5) is 18.8. The largest absolute Gasteiger partial charge is 0.478 e. The van der Waals surface area contributed by atoms with E-state index in [4.69, 9.17) is 22.0 Å². The Morgan fingerprint density at radius 3 is 2.33 bits per heavy atom. The zero-order chi connectivity index (χ0) is 14.1. The lowest BCUT2D eigenvalue weighted by Crippen LogP contribution is -2.32. The molecule has 1 aromatic heterocycles. The highest BCUT2D eigenvalue weighted by Crippen LogP contribution is 1.92. The number of rotatable bonds is 1. The van der Waals surface area contributed by atoms with Crippen molar-refractivity contribution in [3.63, 3.8) is 0 Å². The number of nitrogens with one attached hydrogen (secondary N) is 1. The summed E-state index contributed by atoms with van der Waals surface area (Å²) >= 11 is 0. The van der Waals surface area contributed by atoms with Gasteiger partial charge in [-0.3, -0.25) is 10.4 Å². The van der Waals surface area contributed by atoms with Crippen molar-refractivity contribution in [2.24, 2.45) is 16.5 Å². The number of aliphatic imine (C=N–C) groups is 1. The van der Waals surface area contributed by atoms with Crippen LogP contribution in [0.5, 0.6) is 0 Å². The van der Waals surface area contributed by atoms with E-state index in [0.29, 0.717) is 0 Å². The number of guanidine groups is 2. The summed E-state index contributed by atoms with van der Waals surface area (Å²) < 4.78 is 0. The highest BCUT2D eigenvalue weighted by Gasteiger charge is 1.97. The van der Waals surface area contributed by atoms with E-state index in [9.17, 15) is 4.79 Å². The molecule has 1 aromatic rings. The summed E-state index contributed by atoms with van der Waals surface area (Å²) in [5, 5.41) is 15.0. The van der Waals surface area contributed by atoms with Crippen molar-refractivity contribution in [1.29, 1.82) is 5.41 Å². The van der Waals surface area contributed by atoms with Gasteiger partial charge in [-0.15, -0.1) is 0 Å². The van der Waals surface area contributed by atoms with Gasteiger partial charge in [-0.1, -0.05) is 0 Å². The summed E-state index contributed by atoms with van der Waals surface area (Å²) in [5.41, 5.74) is 10.4. The minimum absolute atomic E-state index is 0.220. The molecule has 6 N–H and O–H groups in total. The van der Waals surface area contributed by atoms with Gasteiger partial charge >= 0.3 is 5.97 Å². The van der Waals surface area contributed by atoms with Crippen LogP contribution in [0, 0.1) is 5.41 Å². The van der Waals surface area contributed by atoms with Gasteiger partial charge in [0, 0.05) is 26.5 Å². The van der Waals surface area contributed by atoms with E-state index in [0.717, 1.165) is 0 Å². The Morgan fingerprint density at radius 2 is 2.11 bits per heavy atom. The van der Waals surface area contributed by atoms with E-state index >= 15 is 0 Å². The first-order valence-electron chi connectivity index (χ1n) is 4.83. The monoisotopic (exact) mass is 252 g/mol. The lowest BCUT2D eigenvalue weighted by Gasteiger charge is -2.08. The highest BCUT2D eigenvalue weighted by molar-refractivity contribution is 5.91. The molecule has 0 fully saturated rings. The standard InChI is InChI=1S/C6H5NO2.C4H11N5/c8-6(9)5-2-1-3-7-4-5;1-9(2)4(7)8-3(5)6/h1-4H,(H,8,9);1-2H3,(H5,5,6,7,8). The van der Waals surface area contributed by atoms with Crippen LogP contribution in [0.25, 0.3) is 0 Å². The van der Waals surface area contributed by atoms with Crippen molar-refractivity contribution in [2.75, 3.05) is 14.1 Å². The predicted octanol–water partition coefficient (Wildman–Crippen LogP) is -0.464. The minimum Gasteiger partial charge on any atom is -0.478 e. The number of carbonyl (C=O) groups is 1. The van der Waals surface area contributed by atoms with Crippen molar-refractivity contribution < 1.29 is 9.90 Å². The Labute approximate surface area is 104 Å². The van der Waals surface area contributed by atoms with Gasteiger partial charge in [-0.25, -0.2) is 4.79 Å². The third-order valence-electron chi connectivity index (χ3n) is 1.60. The molecule has 0 aliphatic heterocycles. The summed E-state index contributed by atoms with van der Waals surface area (Å²) in [5.74, 6) is -0.980. The fourth-order valence-corrected chi connectivity index (χ4v) is 0.713. The highest BCUT2D eigenvalue weighted by atomic mass is 16.4. The van der Waals surface area contributed by atoms with Crippen molar-refractivity contribution >= 4 is 17.9 Å². The number of pyridine rings is 1. The molecule has 8 heteroatoms. The number of nitrogens with zero attached hydrogens (tertiary/aromatic N) is 3. The molecule has 98 valence electrons. The van der Waals surface area contributed by atoms with Crippen LogP contribution in [0.2, 0.25) is 0 Å². The van der Waals surface area contributed by atoms with Crippen molar-refractivity contribution in [2.45, 2.75) is 0 Å². The SMILES string of the molecule is CN(C)C(N)=NC(=N)N.O=C(O)c1cccnc1. The van der Waals surface area contributed by atoms with E-state index in [-0.39, 0.29) is 17.5 Å². The van der Waals surface area contributed by atoms with Crippen LogP contribution in [-0.4, -0.2) is 47.0 Å². The Bertz CT molecular complexity index is 429. The van der Waals surface area contributed by atoms with Crippen molar-refractivity contribution in [3.8, 4) is 0 Å². The van der Waals surface area contributed by atoms with Gasteiger partial charge in [0.1, 0.15) is 0 Å². The molecule has 8 nitrogen and oxygen atoms in total. The fourth-order valence-electron chi connectivity index (χ4n) is 0.713. The summed E-state index contributed by atoms with van der Waals surface area (Å²) in [7, 11) is 3.45. The molecule has 18 heavy (non-hydrogen) atoms. The molecule has 0 atom stereocenters. The molecule has 0 aliphatic carbocycles. The molecular formula is C10H16N6O2. The number of aromatic nitrogens is 1. The lowest BCUT2D eigenvalue weighted by atomic mass is 10.3. The average molecular weight is 252 g/mol. The first kappa shape index (κ1) is 15.4. The van der Waals surface area contributed by atoms with Gasteiger partial charge in [-0.05, 0) is 12.1 Å². The summed E-state index contributed by atoms with van der Waals surface area (Å²) in [6, 6.07) is 3.08. The first-order chi connectivity index (χ1) is 8.34. The Balaban J connectivity index is 0.000000321. The maximum absolute atomic E-state index is 10.2. The topological polar surface area (TPSA) is 142 Å². The van der Waals surface area contributed by atoms with Crippen LogP contribution >= 0.6 is 0 Å². The number of carboxylic acid groups (broad SMARTS) is 1. The molecule has 0 saturated carbocycles. The third kappa shape index (κ3) is 6.77. The van der Waals surface area contributed by atoms with Crippen LogP contribution in [0.4, 0.5) is 0 Å². The van der Waals surface area contributed by atoms with Crippen molar-refractivity contribution in [3.05, 3.63) is 30.1 Å². The molecule has 0 aromatic carbocycles. The zero-order valence-corrected chi connectivity index (χ0v) is 10.2.